The molecule has 22 heavy (non-hydrogen) atoms. The largest absolute Gasteiger partial charge is 0.385 e. The van der Waals surface area contributed by atoms with Crippen LogP contribution in [0.5, 0.6) is 0 Å². The first-order chi connectivity index (χ1) is 10.4. The standard InChI is InChI=1S/C19H34NO2/c1-5-20(6-2)17(22)19(20)13-14(3)12-15(16(19)21)18(4)10-8-7-9-11-18/h14-16,21H,5-13H2,1-4H3/q+1. The molecule has 3 aliphatic rings. The molecule has 0 aromatic heterocycles. The van der Waals surface area contributed by atoms with Gasteiger partial charge in [-0.25, -0.2) is 9.28 Å². The van der Waals surface area contributed by atoms with Gasteiger partial charge in [0.05, 0.1) is 13.1 Å². The summed E-state index contributed by atoms with van der Waals surface area (Å²) in [5.74, 6) is 1.17. The number of aliphatic hydroxyl groups is 1. The van der Waals surface area contributed by atoms with Crippen LogP contribution >= 0.6 is 0 Å². The van der Waals surface area contributed by atoms with Gasteiger partial charge >= 0.3 is 5.91 Å². The van der Waals surface area contributed by atoms with E-state index in [4.69, 9.17) is 0 Å². The third-order valence-corrected chi connectivity index (χ3v) is 7.63. The van der Waals surface area contributed by atoms with Crippen molar-refractivity contribution >= 4 is 5.91 Å². The Morgan fingerprint density at radius 2 is 1.77 bits per heavy atom. The summed E-state index contributed by atoms with van der Waals surface area (Å²) in [7, 11) is 0. The van der Waals surface area contributed by atoms with Crippen molar-refractivity contribution in [2.45, 2.75) is 84.3 Å². The van der Waals surface area contributed by atoms with Gasteiger partial charge in [-0.3, -0.25) is 0 Å². The second-order valence-electron chi connectivity index (χ2n) is 8.64. The molecular weight excluding hydrogens is 274 g/mol. The average molecular weight is 308 g/mol. The van der Waals surface area contributed by atoms with Gasteiger partial charge in [-0.15, -0.1) is 0 Å². The Labute approximate surface area is 135 Å². The zero-order valence-corrected chi connectivity index (χ0v) is 14.9. The molecule has 1 spiro atoms. The third kappa shape index (κ3) is 1.91. The molecule has 126 valence electrons. The topological polar surface area (TPSA) is 37.3 Å². The Kier molecular flexibility index (Phi) is 3.97. The highest BCUT2D eigenvalue weighted by Crippen LogP contribution is 2.60. The van der Waals surface area contributed by atoms with Gasteiger partial charge < -0.3 is 5.11 Å². The molecular formula is C19H34NO2+. The van der Waals surface area contributed by atoms with Gasteiger partial charge in [0.1, 0.15) is 6.10 Å². The van der Waals surface area contributed by atoms with Gasteiger partial charge in [-0.1, -0.05) is 33.1 Å². The fourth-order valence-corrected chi connectivity index (χ4v) is 6.23. The van der Waals surface area contributed by atoms with Crippen molar-refractivity contribution in [1.82, 2.24) is 0 Å². The van der Waals surface area contributed by atoms with Crippen LogP contribution in [0.3, 0.4) is 0 Å². The first kappa shape index (κ1) is 16.4. The van der Waals surface area contributed by atoms with E-state index in [1.165, 1.54) is 32.1 Å². The van der Waals surface area contributed by atoms with E-state index < -0.39 is 11.6 Å². The van der Waals surface area contributed by atoms with Gasteiger partial charge in [0, 0.05) is 6.42 Å². The van der Waals surface area contributed by atoms with E-state index in [0.717, 1.165) is 25.9 Å². The Bertz CT molecular complexity index is 450. The van der Waals surface area contributed by atoms with Crippen LogP contribution in [0.2, 0.25) is 0 Å². The summed E-state index contributed by atoms with van der Waals surface area (Å²) >= 11 is 0. The lowest BCUT2D eigenvalue weighted by Gasteiger charge is -2.48. The first-order valence-electron chi connectivity index (χ1n) is 9.48. The summed E-state index contributed by atoms with van der Waals surface area (Å²) in [6.07, 6.45) is 7.92. The van der Waals surface area contributed by atoms with Crippen LogP contribution in [0, 0.1) is 17.3 Å². The Morgan fingerprint density at radius 1 is 1.18 bits per heavy atom. The van der Waals surface area contributed by atoms with Gasteiger partial charge in [0.25, 0.3) is 0 Å². The second-order valence-corrected chi connectivity index (χ2v) is 8.64. The first-order valence-corrected chi connectivity index (χ1v) is 9.48. The molecule has 0 radical (unpaired) electrons. The minimum Gasteiger partial charge on any atom is -0.385 e. The van der Waals surface area contributed by atoms with Crippen molar-refractivity contribution in [3.05, 3.63) is 0 Å². The third-order valence-electron chi connectivity index (χ3n) is 7.63. The van der Waals surface area contributed by atoms with Crippen LogP contribution in [-0.4, -0.2) is 40.2 Å². The van der Waals surface area contributed by atoms with Gasteiger partial charge in [0.2, 0.25) is 5.54 Å². The molecule has 1 aliphatic heterocycles. The Balaban J connectivity index is 1.93. The van der Waals surface area contributed by atoms with Crippen LogP contribution < -0.4 is 0 Å². The average Bonchev–Trinajstić information content (AvgIpc) is 3.02. The SMILES string of the molecule is CC[N+]1(CC)C(=O)C12CC(C)CC(C1(C)CCCCC1)C2O. The number of rotatable bonds is 3. The van der Waals surface area contributed by atoms with E-state index >= 15 is 0 Å². The summed E-state index contributed by atoms with van der Waals surface area (Å²) < 4.78 is 0.533. The number of carbonyl (C=O) groups is 1. The number of amides is 1. The van der Waals surface area contributed by atoms with Gasteiger partial charge in [0.15, 0.2) is 0 Å². The molecule has 4 unspecified atom stereocenters. The minimum atomic E-state index is -0.466. The number of hydrogen-bond donors (Lipinski definition) is 1. The molecule has 3 heteroatoms. The number of hydrogen-bond acceptors (Lipinski definition) is 2. The van der Waals surface area contributed by atoms with Gasteiger partial charge in [-0.05, 0) is 50.4 Å². The number of quaternary nitrogens is 1. The zero-order chi connectivity index (χ0) is 16.2. The lowest BCUT2D eigenvalue weighted by atomic mass is 9.58. The molecule has 0 aromatic rings. The normalized spacial score (nSPS) is 43.3. The second kappa shape index (κ2) is 5.31. The van der Waals surface area contributed by atoms with Crippen molar-refractivity contribution in [3.63, 3.8) is 0 Å². The molecule has 0 bridgehead atoms. The summed E-state index contributed by atoms with van der Waals surface area (Å²) in [6, 6.07) is 0. The van der Waals surface area contributed by atoms with Crippen LogP contribution in [0.25, 0.3) is 0 Å². The lowest BCUT2D eigenvalue weighted by Crippen LogP contribution is -2.55. The predicted octanol–water partition coefficient (Wildman–Crippen LogP) is 3.50. The van der Waals surface area contributed by atoms with E-state index in [1.807, 2.05) is 0 Å². The molecule has 2 aliphatic carbocycles. The smallest absolute Gasteiger partial charge is 0.379 e. The predicted molar refractivity (Wildman–Crippen MR) is 88.2 cm³/mol. The monoisotopic (exact) mass is 308 g/mol. The van der Waals surface area contributed by atoms with Crippen LogP contribution in [0.4, 0.5) is 0 Å². The van der Waals surface area contributed by atoms with Crippen molar-refractivity contribution < 1.29 is 14.4 Å². The van der Waals surface area contributed by atoms with E-state index in [9.17, 15) is 9.90 Å². The summed E-state index contributed by atoms with van der Waals surface area (Å²) in [5, 5.41) is 11.3. The molecule has 4 atom stereocenters. The number of aliphatic hydroxyl groups excluding tert-OH is 1. The fourth-order valence-electron chi connectivity index (χ4n) is 6.23. The maximum Gasteiger partial charge on any atom is 0.379 e. The van der Waals surface area contributed by atoms with E-state index in [1.54, 1.807) is 0 Å². The van der Waals surface area contributed by atoms with E-state index in [2.05, 4.69) is 27.7 Å². The lowest BCUT2D eigenvalue weighted by molar-refractivity contribution is -0.799. The maximum atomic E-state index is 12.9. The molecule has 0 aromatic carbocycles. The van der Waals surface area contributed by atoms with E-state index in [0.29, 0.717) is 22.2 Å². The van der Waals surface area contributed by atoms with Crippen LogP contribution in [-0.2, 0) is 4.79 Å². The summed E-state index contributed by atoms with van der Waals surface area (Å²) in [6.45, 7) is 10.6. The Hall–Kier alpha value is -0.410. The van der Waals surface area contributed by atoms with Crippen LogP contribution in [0.15, 0.2) is 0 Å². The van der Waals surface area contributed by atoms with Crippen molar-refractivity contribution in [1.29, 1.82) is 0 Å². The molecule has 3 fully saturated rings. The van der Waals surface area contributed by atoms with Gasteiger partial charge in [-0.2, -0.15) is 0 Å². The quantitative estimate of drug-likeness (QED) is 0.640. The summed E-state index contributed by atoms with van der Waals surface area (Å²) in [5.41, 5.74) is -0.231. The highest BCUT2D eigenvalue weighted by Gasteiger charge is 2.84. The highest BCUT2D eigenvalue weighted by atomic mass is 16.3. The van der Waals surface area contributed by atoms with Crippen LogP contribution in [0.1, 0.15) is 72.6 Å². The molecule has 1 heterocycles. The van der Waals surface area contributed by atoms with Crippen molar-refractivity contribution in [2.75, 3.05) is 13.1 Å². The number of nitrogens with zero attached hydrogens (tertiary/aromatic N) is 1. The van der Waals surface area contributed by atoms with E-state index in [-0.39, 0.29) is 5.41 Å². The van der Waals surface area contributed by atoms with Crippen molar-refractivity contribution in [3.8, 4) is 0 Å². The summed E-state index contributed by atoms with van der Waals surface area (Å²) in [4.78, 5) is 12.9. The molecule has 2 saturated carbocycles. The molecule has 3 rings (SSSR count). The Morgan fingerprint density at radius 3 is 2.27 bits per heavy atom. The zero-order valence-electron chi connectivity index (χ0n) is 14.9. The highest BCUT2D eigenvalue weighted by molar-refractivity contribution is 5.93. The van der Waals surface area contributed by atoms with Crippen molar-refractivity contribution in [2.24, 2.45) is 17.3 Å². The number of likely N-dealkylation sites (N-methyl/N-ethyl adjacent to an activating group) is 1. The molecule has 1 saturated heterocycles. The number of carbonyl (C=O) groups excluding carboxylic acids is 1. The minimum absolute atomic E-state index is 0.235. The maximum absolute atomic E-state index is 12.9. The molecule has 3 nitrogen and oxygen atoms in total. The molecule has 1 amide bonds. The molecule has 1 N–H and O–H groups in total. The fraction of sp³-hybridized carbons (Fsp3) is 0.947.